The highest BCUT2D eigenvalue weighted by molar-refractivity contribution is 6.58. The fourth-order valence-electron chi connectivity index (χ4n) is 0.645. The van der Waals surface area contributed by atoms with Crippen molar-refractivity contribution in [2.45, 2.75) is 0 Å². The Bertz CT molecular complexity index is 236. The largest absolute Gasteiger partial charge is 0.376 e. The van der Waals surface area contributed by atoms with Gasteiger partial charge in [-0.2, -0.15) is 0 Å². The zero-order chi connectivity index (χ0) is 8.59. The van der Waals surface area contributed by atoms with E-state index in [0.717, 1.165) is 0 Å². The van der Waals surface area contributed by atoms with E-state index in [1.807, 2.05) is 0 Å². The predicted octanol–water partition coefficient (Wildman–Crippen LogP) is -0.00580. The van der Waals surface area contributed by atoms with E-state index in [-0.39, 0.29) is 10.1 Å². The molecule has 1 N–H and O–H groups in total. The van der Waals surface area contributed by atoms with Crippen molar-refractivity contribution in [3.63, 3.8) is 0 Å². The normalized spacial score (nSPS) is 18.6. The molecule has 1 rings (SSSR count). The third-order valence-corrected chi connectivity index (χ3v) is 2.00. The monoisotopic (exact) mass is 195 g/mol. The predicted molar refractivity (Wildman–Crippen MR) is 37.7 cm³/mol. The van der Waals surface area contributed by atoms with Gasteiger partial charge in [0.1, 0.15) is 16.8 Å². The summed E-state index contributed by atoms with van der Waals surface area (Å²) in [4.78, 5) is 22.2. The fourth-order valence-corrected chi connectivity index (χ4v) is 1.01. The summed E-state index contributed by atoms with van der Waals surface area (Å²) in [7, 11) is 0. The molecule has 6 heteroatoms. The van der Waals surface area contributed by atoms with Gasteiger partial charge in [-0.1, -0.05) is 23.2 Å². The molecule has 0 atom stereocenters. The molecule has 0 aromatic rings. The maximum absolute atomic E-state index is 10.8. The number of nitrogens with zero attached hydrogens (tertiary/aromatic N) is 1. The maximum Gasteiger partial charge on any atom is 0.275 e. The first-order chi connectivity index (χ1) is 5.09. The lowest BCUT2D eigenvalue weighted by Crippen LogP contribution is -2.31. The Balaban J connectivity index is 3.02. The van der Waals surface area contributed by atoms with E-state index in [1.54, 1.807) is 0 Å². The number of carbonyl (C=O) groups excluding carboxylic acids is 2. The van der Waals surface area contributed by atoms with E-state index in [2.05, 4.69) is 0 Å². The summed E-state index contributed by atoms with van der Waals surface area (Å²) in [6.07, 6.45) is 0. The lowest BCUT2D eigenvalue weighted by Gasteiger charge is -2.07. The van der Waals surface area contributed by atoms with Gasteiger partial charge in [0.05, 0.1) is 0 Å². The van der Waals surface area contributed by atoms with Crippen molar-refractivity contribution >= 4 is 35.0 Å². The lowest BCUT2D eigenvalue weighted by atomic mass is 10.5. The highest BCUT2D eigenvalue weighted by atomic mass is 35.5. The zero-order valence-corrected chi connectivity index (χ0v) is 6.69. The molecular formula is C5H3Cl2NO3. The smallest absolute Gasteiger partial charge is 0.275 e. The number of carbonyl (C=O) groups is 2. The SMILES string of the molecule is O=C1C(Cl)=C(Cl)C(=O)N1CO. The number of aliphatic hydroxyl groups excluding tert-OH is 1. The van der Waals surface area contributed by atoms with E-state index in [0.29, 0.717) is 4.90 Å². The van der Waals surface area contributed by atoms with Crippen LogP contribution in [0.2, 0.25) is 0 Å². The maximum atomic E-state index is 10.8. The molecule has 0 radical (unpaired) electrons. The average Bonchev–Trinajstić information content (AvgIpc) is 2.17. The fraction of sp³-hybridized carbons (Fsp3) is 0.200. The van der Waals surface area contributed by atoms with E-state index >= 15 is 0 Å². The van der Waals surface area contributed by atoms with Crippen LogP contribution >= 0.6 is 23.2 Å². The van der Waals surface area contributed by atoms with Crippen molar-refractivity contribution in [2.24, 2.45) is 0 Å². The van der Waals surface area contributed by atoms with Gasteiger partial charge >= 0.3 is 0 Å². The van der Waals surface area contributed by atoms with Crippen molar-refractivity contribution < 1.29 is 14.7 Å². The quantitative estimate of drug-likeness (QED) is 0.600. The van der Waals surface area contributed by atoms with Crippen LogP contribution < -0.4 is 0 Å². The lowest BCUT2D eigenvalue weighted by molar-refractivity contribution is -0.141. The molecule has 0 aromatic carbocycles. The molecule has 0 saturated carbocycles. The van der Waals surface area contributed by atoms with Gasteiger partial charge in [-0.15, -0.1) is 0 Å². The number of amides is 2. The molecule has 0 aliphatic carbocycles. The molecule has 0 saturated heterocycles. The molecule has 0 fully saturated rings. The van der Waals surface area contributed by atoms with Gasteiger partial charge in [0.25, 0.3) is 11.8 Å². The highest BCUT2D eigenvalue weighted by Crippen LogP contribution is 2.25. The highest BCUT2D eigenvalue weighted by Gasteiger charge is 2.35. The second-order valence-corrected chi connectivity index (χ2v) is 2.56. The summed E-state index contributed by atoms with van der Waals surface area (Å²) in [6, 6.07) is 0. The Kier molecular flexibility index (Phi) is 2.17. The molecule has 0 bridgehead atoms. The van der Waals surface area contributed by atoms with Crippen LogP contribution in [0.4, 0.5) is 0 Å². The topological polar surface area (TPSA) is 57.6 Å². The third-order valence-electron chi connectivity index (χ3n) is 1.20. The minimum Gasteiger partial charge on any atom is -0.376 e. The second-order valence-electron chi connectivity index (χ2n) is 1.81. The van der Waals surface area contributed by atoms with Crippen LogP contribution in [0.3, 0.4) is 0 Å². The summed E-state index contributed by atoms with van der Waals surface area (Å²) >= 11 is 10.6. The second kappa shape index (κ2) is 2.81. The van der Waals surface area contributed by atoms with E-state index in [9.17, 15) is 9.59 Å². The molecule has 0 aromatic heterocycles. The van der Waals surface area contributed by atoms with Gasteiger partial charge < -0.3 is 5.11 Å². The first-order valence-electron chi connectivity index (χ1n) is 2.62. The molecule has 11 heavy (non-hydrogen) atoms. The van der Waals surface area contributed by atoms with Crippen LogP contribution in [0.1, 0.15) is 0 Å². The number of rotatable bonds is 1. The molecule has 1 heterocycles. The Morgan fingerprint density at radius 1 is 1.18 bits per heavy atom. The molecule has 0 unspecified atom stereocenters. The van der Waals surface area contributed by atoms with Crippen LogP contribution in [0.15, 0.2) is 10.1 Å². The molecular weight excluding hydrogens is 193 g/mol. The van der Waals surface area contributed by atoms with Gasteiger partial charge in [-0.25, -0.2) is 4.90 Å². The number of halogens is 2. The Labute approximate surface area is 72.0 Å². The molecule has 1 aliphatic heterocycles. The Morgan fingerprint density at radius 3 is 1.73 bits per heavy atom. The Hall–Kier alpha value is -0.580. The molecule has 0 spiro atoms. The number of aliphatic hydroxyl groups is 1. The minimum atomic E-state index is -0.760. The molecule has 2 amide bonds. The van der Waals surface area contributed by atoms with Crippen LogP contribution in [-0.4, -0.2) is 28.6 Å². The molecule has 4 nitrogen and oxygen atoms in total. The van der Waals surface area contributed by atoms with Crippen molar-refractivity contribution in [1.82, 2.24) is 4.90 Å². The van der Waals surface area contributed by atoms with Gasteiger partial charge in [0, 0.05) is 0 Å². The van der Waals surface area contributed by atoms with Crippen molar-refractivity contribution in [1.29, 1.82) is 0 Å². The van der Waals surface area contributed by atoms with Crippen molar-refractivity contribution in [3.05, 3.63) is 10.1 Å². The standard InChI is InChI=1S/C5H3Cl2NO3/c6-2-3(7)5(11)8(1-9)4(2)10/h9H,1H2. The van der Waals surface area contributed by atoms with Crippen molar-refractivity contribution in [3.8, 4) is 0 Å². The number of imide groups is 1. The number of hydrogen-bond acceptors (Lipinski definition) is 3. The summed E-state index contributed by atoms with van der Waals surface area (Å²) in [6.45, 7) is -0.704. The minimum absolute atomic E-state index is 0.342. The Morgan fingerprint density at radius 2 is 1.55 bits per heavy atom. The van der Waals surface area contributed by atoms with Gasteiger partial charge in [-0.05, 0) is 0 Å². The van der Waals surface area contributed by atoms with E-state index in [1.165, 1.54) is 0 Å². The first kappa shape index (κ1) is 8.52. The zero-order valence-electron chi connectivity index (χ0n) is 5.17. The average molecular weight is 196 g/mol. The van der Waals surface area contributed by atoms with Gasteiger partial charge in [-0.3, -0.25) is 9.59 Å². The summed E-state index contributed by atoms with van der Waals surface area (Å²) in [5.41, 5.74) is 0. The van der Waals surface area contributed by atoms with E-state index in [4.69, 9.17) is 28.3 Å². The van der Waals surface area contributed by atoms with Crippen molar-refractivity contribution in [2.75, 3.05) is 6.73 Å². The first-order valence-corrected chi connectivity index (χ1v) is 3.37. The summed E-state index contributed by atoms with van der Waals surface area (Å²) in [5.74, 6) is -1.52. The van der Waals surface area contributed by atoms with Gasteiger partial charge in [0.2, 0.25) is 0 Å². The third kappa shape index (κ3) is 1.13. The number of hydrogen-bond donors (Lipinski definition) is 1. The van der Waals surface area contributed by atoms with Crippen LogP contribution in [-0.2, 0) is 9.59 Å². The summed E-state index contributed by atoms with van der Waals surface area (Å²) in [5, 5.41) is 7.80. The van der Waals surface area contributed by atoms with Crippen LogP contribution in [0.5, 0.6) is 0 Å². The van der Waals surface area contributed by atoms with Crippen LogP contribution in [0.25, 0.3) is 0 Å². The molecule has 1 aliphatic rings. The van der Waals surface area contributed by atoms with E-state index < -0.39 is 18.5 Å². The van der Waals surface area contributed by atoms with Gasteiger partial charge in [0.15, 0.2) is 0 Å². The summed E-state index contributed by atoms with van der Waals surface area (Å²) < 4.78 is 0. The molecule has 60 valence electrons. The van der Waals surface area contributed by atoms with Crippen LogP contribution in [0, 0.1) is 0 Å².